The third kappa shape index (κ3) is 4.69. The first kappa shape index (κ1) is 21.5. The van der Waals surface area contributed by atoms with Crippen LogP contribution in [0.4, 0.5) is 18.9 Å². The van der Waals surface area contributed by atoms with Crippen molar-refractivity contribution < 1.29 is 28.0 Å². The van der Waals surface area contributed by atoms with E-state index in [1.807, 2.05) is 31.5 Å². The fourth-order valence-electron chi connectivity index (χ4n) is 2.82. The van der Waals surface area contributed by atoms with Crippen LogP contribution < -0.4 is 0 Å². The summed E-state index contributed by atoms with van der Waals surface area (Å²) in [5.74, 6) is -2.76. The van der Waals surface area contributed by atoms with E-state index in [1.165, 1.54) is 6.07 Å². The standard InChI is InChI=1S/C17H13N5O2.C2HF3O2/c1-11-8-13(22(23)24)2-3-16(11)21-10-12(9-20-21)14-4-6-18-17-15(14)5-7-19-17;3-2(4,5)1(6)7/h2-10H,1H3,(H,18,19);(H,6,7). The number of pyridine rings is 1. The minimum atomic E-state index is -5.08. The van der Waals surface area contributed by atoms with Gasteiger partial charge in [0.2, 0.25) is 0 Å². The van der Waals surface area contributed by atoms with Gasteiger partial charge in [-0.25, -0.2) is 14.5 Å². The lowest BCUT2D eigenvalue weighted by atomic mass is 10.1. The number of H-pyrrole nitrogens is 1. The van der Waals surface area contributed by atoms with Gasteiger partial charge in [0.25, 0.3) is 5.69 Å². The predicted molar refractivity (Wildman–Crippen MR) is 104 cm³/mol. The van der Waals surface area contributed by atoms with Gasteiger partial charge in [-0.05, 0) is 36.2 Å². The molecular formula is C19H14F3N5O4. The van der Waals surface area contributed by atoms with Crippen LogP contribution in [-0.2, 0) is 4.79 Å². The predicted octanol–water partition coefficient (Wildman–Crippen LogP) is 4.27. The Balaban J connectivity index is 0.000000339. The molecule has 2 N–H and O–H groups in total. The Morgan fingerprint density at radius 2 is 1.97 bits per heavy atom. The number of aromatic nitrogens is 4. The SMILES string of the molecule is Cc1cc([N+](=O)[O-])ccc1-n1cc(-c2ccnc3[nH]ccc23)cn1.O=C(O)C(F)(F)F. The average molecular weight is 433 g/mol. The zero-order valence-corrected chi connectivity index (χ0v) is 15.8. The molecule has 3 heterocycles. The van der Waals surface area contributed by atoms with E-state index in [4.69, 9.17) is 9.90 Å². The average Bonchev–Trinajstić information content (AvgIpc) is 3.37. The number of nitro groups is 1. The van der Waals surface area contributed by atoms with E-state index in [1.54, 1.807) is 29.2 Å². The maximum atomic E-state index is 10.9. The van der Waals surface area contributed by atoms with Gasteiger partial charge in [-0.15, -0.1) is 0 Å². The van der Waals surface area contributed by atoms with Crippen LogP contribution in [0.15, 0.2) is 55.1 Å². The number of nitro benzene ring substituents is 1. The van der Waals surface area contributed by atoms with Gasteiger partial charge in [0.15, 0.2) is 0 Å². The van der Waals surface area contributed by atoms with Crippen LogP contribution in [-0.4, -0.2) is 41.9 Å². The normalized spacial score (nSPS) is 11.1. The summed E-state index contributed by atoms with van der Waals surface area (Å²) in [5, 5.41) is 23.4. The van der Waals surface area contributed by atoms with Crippen molar-refractivity contribution in [2.75, 3.05) is 0 Å². The van der Waals surface area contributed by atoms with Crippen LogP contribution in [0, 0.1) is 17.0 Å². The molecule has 31 heavy (non-hydrogen) atoms. The Kier molecular flexibility index (Phi) is 5.72. The molecule has 0 fully saturated rings. The fraction of sp³-hybridized carbons (Fsp3) is 0.105. The molecule has 0 aliphatic heterocycles. The number of benzene rings is 1. The van der Waals surface area contributed by atoms with Gasteiger partial charge in [-0.3, -0.25) is 10.1 Å². The topological polar surface area (TPSA) is 127 Å². The molecule has 0 aliphatic rings. The Morgan fingerprint density at radius 3 is 2.58 bits per heavy atom. The number of nitrogens with one attached hydrogen (secondary N) is 1. The summed E-state index contributed by atoms with van der Waals surface area (Å²) in [6.45, 7) is 1.83. The molecule has 0 unspecified atom stereocenters. The highest BCUT2D eigenvalue weighted by atomic mass is 19.4. The number of carboxylic acids is 1. The summed E-state index contributed by atoms with van der Waals surface area (Å²) in [5.41, 5.74) is 4.50. The lowest BCUT2D eigenvalue weighted by molar-refractivity contribution is -0.384. The summed E-state index contributed by atoms with van der Waals surface area (Å²) in [6.07, 6.45) is 2.22. The minimum absolute atomic E-state index is 0.0757. The van der Waals surface area contributed by atoms with Crippen molar-refractivity contribution in [1.82, 2.24) is 19.7 Å². The van der Waals surface area contributed by atoms with Gasteiger partial charge >= 0.3 is 12.1 Å². The van der Waals surface area contributed by atoms with Crippen molar-refractivity contribution in [3.63, 3.8) is 0 Å². The molecule has 1 aromatic carbocycles. The van der Waals surface area contributed by atoms with Crippen molar-refractivity contribution in [3.8, 4) is 16.8 Å². The van der Waals surface area contributed by atoms with Gasteiger partial charge in [-0.1, -0.05) is 0 Å². The number of hydrogen-bond acceptors (Lipinski definition) is 5. The number of carboxylic acid groups (broad SMARTS) is 1. The minimum Gasteiger partial charge on any atom is -0.475 e. The van der Waals surface area contributed by atoms with E-state index in [-0.39, 0.29) is 5.69 Å². The molecule has 0 aliphatic carbocycles. The van der Waals surface area contributed by atoms with Crippen LogP contribution in [0.5, 0.6) is 0 Å². The number of alkyl halides is 3. The first-order valence-electron chi connectivity index (χ1n) is 8.60. The van der Waals surface area contributed by atoms with E-state index in [0.717, 1.165) is 33.4 Å². The van der Waals surface area contributed by atoms with Crippen LogP contribution in [0.1, 0.15) is 5.56 Å². The molecular weight excluding hydrogens is 419 g/mol. The molecule has 3 aromatic heterocycles. The van der Waals surface area contributed by atoms with Crippen molar-refractivity contribution >= 4 is 22.7 Å². The van der Waals surface area contributed by atoms with Crippen LogP contribution >= 0.6 is 0 Å². The maximum absolute atomic E-state index is 10.9. The van der Waals surface area contributed by atoms with Crippen LogP contribution in [0.2, 0.25) is 0 Å². The molecule has 160 valence electrons. The lowest BCUT2D eigenvalue weighted by Crippen LogP contribution is -2.21. The molecule has 4 rings (SSSR count). The molecule has 0 saturated heterocycles. The monoisotopic (exact) mass is 433 g/mol. The zero-order chi connectivity index (χ0) is 22.8. The second kappa shape index (κ2) is 8.26. The first-order chi connectivity index (χ1) is 14.6. The highest BCUT2D eigenvalue weighted by Crippen LogP contribution is 2.28. The van der Waals surface area contributed by atoms with Gasteiger partial charge in [-0.2, -0.15) is 18.3 Å². The van der Waals surface area contributed by atoms with Crippen molar-refractivity contribution in [2.24, 2.45) is 0 Å². The largest absolute Gasteiger partial charge is 0.490 e. The Hall–Kier alpha value is -4.22. The van der Waals surface area contributed by atoms with E-state index < -0.39 is 17.1 Å². The van der Waals surface area contributed by atoms with Gasteiger partial charge in [0, 0.05) is 41.7 Å². The Labute approximate surface area is 171 Å². The van der Waals surface area contributed by atoms with E-state index in [0.29, 0.717) is 0 Å². The molecule has 0 atom stereocenters. The highest BCUT2D eigenvalue weighted by Gasteiger charge is 2.38. The molecule has 0 amide bonds. The number of halogens is 3. The molecule has 0 radical (unpaired) electrons. The number of carbonyl (C=O) groups is 1. The first-order valence-corrected chi connectivity index (χ1v) is 8.60. The molecule has 12 heteroatoms. The number of non-ortho nitro benzene ring substituents is 1. The van der Waals surface area contributed by atoms with E-state index in [9.17, 15) is 23.3 Å². The third-order valence-corrected chi connectivity index (χ3v) is 4.23. The molecule has 0 bridgehead atoms. The smallest absolute Gasteiger partial charge is 0.475 e. The quantitative estimate of drug-likeness (QED) is 0.367. The molecule has 0 saturated carbocycles. The number of rotatable bonds is 3. The van der Waals surface area contributed by atoms with Gasteiger partial charge in [0.05, 0.1) is 16.8 Å². The summed E-state index contributed by atoms with van der Waals surface area (Å²) < 4.78 is 33.5. The fourth-order valence-corrected chi connectivity index (χ4v) is 2.82. The Morgan fingerprint density at radius 1 is 1.26 bits per heavy atom. The van der Waals surface area contributed by atoms with Crippen molar-refractivity contribution in [1.29, 1.82) is 0 Å². The van der Waals surface area contributed by atoms with Crippen LogP contribution in [0.3, 0.4) is 0 Å². The van der Waals surface area contributed by atoms with E-state index in [2.05, 4.69) is 15.1 Å². The summed E-state index contributed by atoms with van der Waals surface area (Å²) in [6, 6.07) is 8.67. The Bertz CT molecular complexity index is 1260. The second-order valence-corrected chi connectivity index (χ2v) is 6.30. The molecule has 0 spiro atoms. The van der Waals surface area contributed by atoms with Crippen LogP contribution in [0.25, 0.3) is 27.8 Å². The maximum Gasteiger partial charge on any atom is 0.490 e. The second-order valence-electron chi connectivity index (χ2n) is 6.30. The van der Waals surface area contributed by atoms with E-state index >= 15 is 0 Å². The lowest BCUT2D eigenvalue weighted by Gasteiger charge is -2.05. The third-order valence-electron chi connectivity index (χ3n) is 4.23. The van der Waals surface area contributed by atoms with Gasteiger partial charge < -0.3 is 10.1 Å². The number of hydrogen-bond donors (Lipinski definition) is 2. The summed E-state index contributed by atoms with van der Waals surface area (Å²) >= 11 is 0. The molecule has 4 aromatic rings. The number of nitrogens with zero attached hydrogens (tertiary/aromatic N) is 4. The summed E-state index contributed by atoms with van der Waals surface area (Å²) in [7, 11) is 0. The number of fused-ring (bicyclic) bond motifs is 1. The summed E-state index contributed by atoms with van der Waals surface area (Å²) in [4.78, 5) is 26.7. The van der Waals surface area contributed by atoms with Crippen molar-refractivity contribution in [2.45, 2.75) is 13.1 Å². The number of aliphatic carboxylic acids is 1. The van der Waals surface area contributed by atoms with Crippen molar-refractivity contribution in [3.05, 3.63) is 70.8 Å². The van der Waals surface area contributed by atoms with Gasteiger partial charge in [0.1, 0.15) is 5.65 Å². The number of aryl methyl sites for hydroxylation is 1. The number of aromatic amines is 1. The highest BCUT2D eigenvalue weighted by molar-refractivity contribution is 5.92. The molecule has 9 nitrogen and oxygen atoms in total. The zero-order valence-electron chi connectivity index (χ0n) is 15.8.